The molecule has 0 aliphatic rings. The van der Waals surface area contributed by atoms with E-state index in [1.54, 1.807) is 4.68 Å². The molecule has 0 saturated carbocycles. The summed E-state index contributed by atoms with van der Waals surface area (Å²) in [5.41, 5.74) is 4.53. The van der Waals surface area contributed by atoms with Crippen LogP contribution in [0.1, 0.15) is 22.4 Å². The molecular weight excluding hydrogens is 602 g/mol. The summed E-state index contributed by atoms with van der Waals surface area (Å²) in [5, 5.41) is 10.4. The highest BCUT2D eigenvalue weighted by molar-refractivity contribution is 5.92. The quantitative estimate of drug-likeness (QED) is 0.165. The van der Waals surface area contributed by atoms with Crippen molar-refractivity contribution in [3.05, 3.63) is 186 Å². The van der Waals surface area contributed by atoms with Crippen LogP contribution in [0.25, 0.3) is 39.1 Å². The van der Waals surface area contributed by atoms with Crippen molar-refractivity contribution >= 4 is 10.9 Å². The van der Waals surface area contributed by atoms with Gasteiger partial charge < -0.3 is 0 Å². The first kappa shape index (κ1) is 29.1. The summed E-state index contributed by atoms with van der Waals surface area (Å²) in [6, 6.07) is 41.6. The van der Waals surface area contributed by atoms with Gasteiger partial charge in [-0.15, -0.1) is 0 Å². The minimum atomic E-state index is -1.00. The molecule has 0 unspecified atom stereocenters. The first-order chi connectivity index (χ1) is 23.5. The Balaban J connectivity index is 1.47. The number of nitrogens with zero attached hydrogens (tertiary/aromatic N) is 6. The van der Waals surface area contributed by atoms with Gasteiger partial charge in [0.15, 0.2) is 5.82 Å². The molecule has 0 spiro atoms. The molecule has 3 aromatic heterocycles. The van der Waals surface area contributed by atoms with Crippen LogP contribution in [-0.2, 0) is 5.54 Å². The maximum absolute atomic E-state index is 15.7. The van der Waals surface area contributed by atoms with E-state index in [1.807, 2.05) is 103 Å². The summed E-state index contributed by atoms with van der Waals surface area (Å²) in [6.45, 7) is 1.91. The molecule has 3 heterocycles. The van der Waals surface area contributed by atoms with E-state index < -0.39 is 17.2 Å². The fourth-order valence-corrected chi connectivity index (χ4v) is 6.53. The molecule has 0 amide bonds. The van der Waals surface area contributed by atoms with Gasteiger partial charge in [0.2, 0.25) is 0 Å². The third-order valence-electron chi connectivity index (χ3n) is 8.70. The first-order valence-electron chi connectivity index (χ1n) is 15.5. The average Bonchev–Trinajstić information content (AvgIpc) is 3.76. The molecule has 0 saturated heterocycles. The van der Waals surface area contributed by atoms with Crippen LogP contribution in [0.5, 0.6) is 0 Å². The van der Waals surface area contributed by atoms with E-state index in [1.165, 1.54) is 24.5 Å². The van der Waals surface area contributed by atoms with E-state index in [0.29, 0.717) is 22.5 Å². The summed E-state index contributed by atoms with van der Waals surface area (Å²) in [5.74, 6) is -0.820. The molecule has 0 N–H and O–H groups in total. The molecule has 8 rings (SSSR count). The Labute approximate surface area is 275 Å². The fraction of sp³-hybridized carbons (Fsp3) is 0.0500. The zero-order chi connectivity index (χ0) is 32.7. The zero-order valence-electron chi connectivity index (χ0n) is 25.9. The smallest absolute Gasteiger partial charge is 0.164 e. The van der Waals surface area contributed by atoms with Gasteiger partial charge in [0.05, 0.1) is 16.8 Å². The van der Waals surface area contributed by atoms with E-state index in [0.717, 1.165) is 27.8 Å². The molecule has 5 aromatic carbocycles. The number of aromatic nitrogens is 6. The second-order valence-electron chi connectivity index (χ2n) is 11.6. The monoisotopic (exact) mass is 630 g/mol. The Hall–Kier alpha value is -6.28. The Morgan fingerprint density at radius 2 is 1.23 bits per heavy atom. The number of aryl methyl sites for hydroxylation is 1. The second-order valence-corrected chi connectivity index (χ2v) is 11.6. The second kappa shape index (κ2) is 11.8. The maximum Gasteiger partial charge on any atom is 0.164 e. The van der Waals surface area contributed by atoms with Gasteiger partial charge in [-0.3, -0.25) is 4.68 Å². The number of hydrogen-bond donors (Lipinski definition) is 0. The van der Waals surface area contributed by atoms with Crippen molar-refractivity contribution in [1.82, 2.24) is 29.5 Å². The summed E-state index contributed by atoms with van der Waals surface area (Å²) < 4.78 is 35.0. The Bertz CT molecular complexity index is 2270. The van der Waals surface area contributed by atoms with E-state index in [-0.39, 0.29) is 11.3 Å². The topological polar surface area (TPSA) is 61.4 Å². The Morgan fingerprint density at radius 1 is 0.625 bits per heavy atom. The molecule has 6 nitrogen and oxygen atoms in total. The number of halogens is 2. The van der Waals surface area contributed by atoms with Crippen LogP contribution in [0.15, 0.2) is 152 Å². The van der Waals surface area contributed by atoms with Gasteiger partial charge in [-0.25, -0.2) is 23.4 Å². The highest BCUT2D eigenvalue weighted by Crippen LogP contribution is 2.44. The molecule has 0 aliphatic carbocycles. The van der Waals surface area contributed by atoms with Crippen LogP contribution in [0.4, 0.5) is 8.78 Å². The third-order valence-corrected chi connectivity index (χ3v) is 8.70. The lowest BCUT2D eigenvalue weighted by Crippen LogP contribution is -2.38. The molecular formula is C40H28F2N6. The van der Waals surface area contributed by atoms with Crippen LogP contribution in [0.3, 0.4) is 0 Å². The largest absolute Gasteiger partial charge is 0.252 e. The molecule has 8 aromatic rings. The van der Waals surface area contributed by atoms with E-state index in [2.05, 4.69) is 51.5 Å². The maximum atomic E-state index is 15.7. The van der Waals surface area contributed by atoms with Crippen LogP contribution in [0.2, 0.25) is 0 Å². The van der Waals surface area contributed by atoms with Crippen molar-refractivity contribution in [3.8, 4) is 28.2 Å². The molecule has 48 heavy (non-hydrogen) atoms. The first-order valence-corrected chi connectivity index (χ1v) is 15.5. The van der Waals surface area contributed by atoms with Gasteiger partial charge in [-0.05, 0) is 59.5 Å². The standard InChI is InChI=1S/C40H28F2N6/c1-27-22-23-47(45-27)39-32-24-28(20-21-36(32)43-26-44-39)33-25-48(46-38(33)37-34(41)18-11-19-35(37)42)40(29-12-5-2-6-13-29,30-14-7-3-8-15-30)31-16-9-4-10-17-31/h2-26H,1H3. The van der Waals surface area contributed by atoms with Crippen molar-refractivity contribution in [2.45, 2.75) is 12.5 Å². The molecule has 0 fully saturated rings. The van der Waals surface area contributed by atoms with Crippen LogP contribution < -0.4 is 0 Å². The average molecular weight is 631 g/mol. The highest BCUT2D eigenvalue weighted by atomic mass is 19.1. The summed E-state index contributed by atoms with van der Waals surface area (Å²) in [6.07, 6.45) is 5.23. The molecule has 232 valence electrons. The predicted molar refractivity (Wildman–Crippen MR) is 183 cm³/mol. The SMILES string of the molecule is Cc1ccn(-c2ncnc3ccc(-c4cn(C(c5ccccc5)(c5ccccc5)c5ccccc5)nc4-c4c(F)cccc4F)cc23)n1. The minimum absolute atomic E-state index is 0.172. The highest BCUT2D eigenvalue weighted by Gasteiger charge is 2.40. The van der Waals surface area contributed by atoms with Crippen molar-refractivity contribution in [2.75, 3.05) is 0 Å². The molecule has 0 bridgehead atoms. The molecule has 0 radical (unpaired) electrons. The minimum Gasteiger partial charge on any atom is -0.252 e. The van der Waals surface area contributed by atoms with Crippen molar-refractivity contribution in [2.24, 2.45) is 0 Å². The van der Waals surface area contributed by atoms with E-state index in [4.69, 9.17) is 5.10 Å². The number of fused-ring (bicyclic) bond motifs is 1. The van der Waals surface area contributed by atoms with Crippen LogP contribution in [-0.4, -0.2) is 29.5 Å². The zero-order valence-corrected chi connectivity index (χ0v) is 25.9. The van der Waals surface area contributed by atoms with Crippen LogP contribution in [0, 0.1) is 18.6 Å². The summed E-state index contributed by atoms with van der Waals surface area (Å²) in [4.78, 5) is 9.03. The van der Waals surface area contributed by atoms with Gasteiger partial charge in [-0.1, -0.05) is 103 Å². The predicted octanol–water partition coefficient (Wildman–Crippen LogP) is 8.77. The Kier molecular flexibility index (Phi) is 7.18. The lowest BCUT2D eigenvalue weighted by molar-refractivity contribution is 0.460. The molecule has 0 atom stereocenters. The van der Waals surface area contributed by atoms with Gasteiger partial charge in [0, 0.05) is 23.3 Å². The summed E-state index contributed by atoms with van der Waals surface area (Å²) in [7, 11) is 0. The Morgan fingerprint density at radius 3 is 1.79 bits per heavy atom. The van der Waals surface area contributed by atoms with Crippen molar-refractivity contribution in [3.63, 3.8) is 0 Å². The lowest BCUT2D eigenvalue weighted by atomic mass is 9.77. The van der Waals surface area contributed by atoms with Crippen LogP contribution >= 0.6 is 0 Å². The van der Waals surface area contributed by atoms with Gasteiger partial charge >= 0.3 is 0 Å². The number of rotatable bonds is 7. The van der Waals surface area contributed by atoms with Crippen molar-refractivity contribution in [1.29, 1.82) is 0 Å². The fourth-order valence-electron chi connectivity index (χ4n) is 6.53. The normalized spacial score (nSPS) is 11.6. The van der Waals surface area contributed by atoms with E-state index in [9.17, 15) is 0 Å². The molecule has 0 aliphatic heterocycles. The number of hydrogen-bond acceptors (Lipinski definition) is 4. The van der Waals surface area contributed by atoms with E-state index >= 15 is 8.78 Å². The summed E-state index contributed by atoms with van der Waals surface area (Å²) >= 11 is 0. The van der Waals surface area contributed by atoms with Gasteiger partial charge in [0.25, 0.3) is 0 Å². The van der Waals surface area contributed by atoms with Gasteiger partial charge in [0.1, 0.15) is 29.2 Å². The molecule has 8 heteroatoms. The van der Waals surface area contributed by atoms with Crippen molar-refractivity contribution < 1.29 is 8.78 Å². The number of benzene rings is 5. The lowest BCUT2D eigenvalue weighted by Gasteiger charge is -2.36. The third kappa shape index (κ3) is 4.77. The van der Waals surface area contributed by atoms with Gasteiger partial charge in [-0.2, -0.15) is 10.2 Å².